The first-order chi connectivity index (χ1) is 8.31. The number of ether oxygens (including phenoxy) is 1. The molecular formula is C13H12BrClOS. The summed E-state index contributed by atoms with van der Waals surface area (Å²) in [5, 5.41) is 5.64. The van der Waals surface area contributed by atoms with Crippen molar-refractivity contribution in [3.63, 3.8) is 0 Å². The van der Waals surface area contributed by atoms with Gasteiger partial charge < -0.3 is 4.74 Å². The first-order valence-corrected chi connectivity index (χ1v) is 7.72. The van der Waals surface area contributed by atoms with E-state index in [9.17, 15) is 0 Å². The van der Waals surface area contributed by atoms with Crippen molar-refractivity contribution in [1.82, 2.24) is 0 Å². The van der Waals surface area contributed by atoms with Crippen molar-refractivity contribution in [1.29, 1.82) is 0 Å². The molecule has 0 aliphatic carbocycles. The van der Waals surface area contributed by atoms with Gasteiger partial charge >= 0.3 is 0 Å². The van der Waals surface area contributed by atoms with Gasteiger partial charge in [0, 0.05) is 17.3 Å². The fourth-order valence-electron chi connectivity index (χ4n) is 1.53. The van der Waals surface area contributed by atoms with Crippen LogP contribution in [0.4, 0.5) is 0 Å². The van der Waals surface area contributed by atoms with Crippen LogP contribution in [0.3, 0.4) is 0 Å². The normalized spacial score (nSPS) is 10.5. The summed E-state index contributed by atoms with van der Waals surface area (Å²) in [6, 6.07) is 7.92. The fraction of sp³-hybridized carbons (Fsp3) is 0.231. The van der Waals surface area contributed by atoms with Crippen LogP contribution in [0, 0.1) is 0 Å². The van der Waals surface area contributed by atoms with Crippen LogP contribution in [-0.4, -0.2) is 6.61 Å². The van der Waals surface area contributed by atoms with E-state index < -0.39 is 0 Å². The number of thiophene rings is 1. The average molecular weight is 332 g/mol. The summed E-state index contributed by atoms with van der Waals surface area (Å²) in [7, 11) is 0. The smallest absolute Gasteiger partial charge is 0.141 e. The van der Waals surface area contributed by atoms with Gasteiger partial charge in [0.05, 0.1) is 11.6 Å². The van der Waals surface area contributed by atoms with Gasteiger partial charge in [0.2, 0.25) is 0 Å². The molecule has 17 heavy (non-hydrogen) atoms. The van der Waals surface area contributed by atoms with Crippen LogP contribution >= 0.6 is 38.9 Å². The number of alkyl halides is 1. The number of benzene rings is 1. The van der Waals surface area contributed by atoms with Gasteiger partial charge in [-0.2, -0.15) is 11.3 Å². The highest BCUT2D eigenvalue weighted by Crippen LogP contribution is 2.30. The molecule has 0 fully saturated rings. The van der Waals surface area contributed by atoms with Crippen molar-refractivity contribution in [2.75, 3.05) is 6.61 Å². The average Bonchev–Trinajstić information content (AvgIpc) is 2.84. The molecule has 1 aromatic carbocycles. The summed E-state index contributed by atoms with van der Waals surface area (Å²) in [6.07, 6.45) is 0.913. The molecule has 1 heterocycles. The second-order valence-electron chi connectivity index (χ2n) is 3.59. The highest BCUT2D eigenvalue weighted by atomic mass is 79.9. The minimum Gasteiger partial charge on any atom is -0.491 e. The summed E-state index contributed by atoms with van der Waals surface area (Å²) in [4.78, 5) is 0. The van der Waals surface area contributed by atoms with E-state index in [1.54, 1.807) is 11.3 Å². The molecule has 0 aliphatic heterocycles. The van der Waals surface area contributed by atoms with E-state index in [0.29, 0.717) is 11.6 Å². The minimum absolute atomic E-state index is 0.653. The van der Waals surface area contributed by atoms with Crippen molar-refractivity contribution in [3.05, 3.63) is 51.2 Å². The SMILES string of the molecule is Clc1cccc(CBr)c1OCCc1ccsc1. The maximum absolute atomic E-state index is 6.13. The second kappa shape index (κ2) is 6.43. The lowest BCUT2D eigenvalue weighted by atomic mass is 10.2. The minimum atomic E-state index is 0.653. The number of rotatable bonds is 5. The predicted octanol–water partition coefficient (Wildman–Crippen LogP) is 4.92. The molecule has 0 aliphatic rings. The van der Waals surface area contributed by atoms with Crippen LogP contribution in [0.25, 0.3) is 0 Å². The Kier molecular flexibility index (Phi) is 4.89. The summed E-state index contributed by atoms with van der Waals surface area (Å²) >= 11 is 11.3. The van der Waals surface area contributed by atoms with Crippen LogP contribution in [-0.2, 0) is 11.8 Å². The summed E-state index contributed by atoms with van der Waals surface area (Å²) in [6.45, 7) is 0.653. The Hall–Kier alpha value is -0.510. The van der Waals surface area contributed by atoms with Gasteiger partial charge in [-0.1, -0.05) is 39.7 Å². The quantitative estimate of drug-likeness (QED) is 0.707. The maximum Gasteiger partial charge on any atom is 0.141 e. The highest BCUT2D eigenvalue weighted by Gasteiger charge is 2.07. The Morgan fingerprint density at radius 3 is 2.88 bits per heavy atom. The summed E-state index contributed by atoms with van der Waals surface area (Å²) in [5.41, 5.74) is 2.39. The zero-order valence-electron chi connectivity index (χ0n) is 9.16. The molecule has 0 unspecified atom stereocenters. The molecule has 0 saturated carbocycles. The van der Waals surface area contributed by atoms with E-state index in [-0.39, 0.29) is 0 Å². The second-order valence-corrected chi connectivity index (χ2v) is 5.34. The third kappa shape index (κ3) is 3.47. The molecule has 90 valence electrons. The van der Waals surface area contributed by atoms with Gasteiger partial charge in [0.15, 0.2) is 0 Å². The molecule has 4 heteroatoms. The number of halogens is 2. The maximum atomic E-state index is 6.13. The van der Waals surface area contributed by atoms with Gasteiger partial charge in [-0.3, -0.25) is 0 Å². The third-order valence-electron chi connectivity index (χ3n) is 2.41. The molecule has 1 aromatic heterocycles. The summed E-state index contributed by atoms with van der Waals surface area (Å²) < 4.78 is 5.77. The van der Waals surface area contributed by atoms with Gasteiger partial charge in [0.25, 0.3) is 0 Å². The molecule has 2 aromatic rings. The van der Waals surface area contributed by atoms with Gasteiger partial charge in [-0.25, -0.2) is 0 Å². The van der Waals surface area contributed by atoms with Crippen molar-refractivity contribution in [2.45, 2.75) is 11.8 Å². The molecule has 0 amide bonds. The van der Waals surface area contributed by atoms with Gasteiger partial charge in [0.1, 0.15) is 5.75 Å². The first-order valence-electron chi connectivity index (χ1n) is 5.28. The summed E-state index contributed by atoms with van der Waals surface area (Å²) in [5.74, 6) is 0.793. The third-order valence-corrected chi connectivity index (χ3v) is 4.04. The molecular weight excluding hydrogens is 320 g/mol. The van der Waals surface area contributed by atoms with Gasteiger partial charge in [-0.05, 0) is 28.5 Å². The van der Waals surface area contributed by atoms with Crippen LogP contribution in [0.1, 0.15) is 11.1 Å². The van der Waals surface area contributed by atoms with E-state index in [2.05, 4.69) is 32.8 Å². The lowest BCUT2D eigenvalue weighted by Gasteiger charge is -2.11. The van der Waals surface area contributed by atoms with E-state index >= 15 is 0 Å². The number of hydrogen-bond donors (Lipinski definition) is 0. The zero-order valence-corrected chi connectivity index (χ0v) is 12.3. The van der Waals surface area contributed by atoms with Crippen LogP contribution in [0.5, 0.6) is 5.75 Å². The molecule has 0 atom stereocenters. The highest BCUT2D eigenvalue weighted by molar-refractivity contribution is 9.08. The molecule has 1 nitrogen and oxygen atoms in total. The monoisotopic (exact) mass is 330 g/mol. The molecule has 0 radical (unpaired) electrons. The van der Waals surface area contributed by atoms with Crippen LogP contribution < -0.4 is 4.74 Å². The zero-order chi connectivity index (χ0) is 12.1. The number of para-hydroxylation sites is 1. The van der Waals surface area contributed by atoms with Crippen LogP contribution in [0.15, 0.2) is 35.0 Å². The van der Waals surface area contributed by atoms with Crippen LogP contribution in [0.2, 0.25) is 5.02 Å². The van der Waals surface area contributed by atoms with E-state index in [4.69, 9.17) is 16.3 Å². The Morgan fingerprint density at radius 2 is 2.18 bits per heavy atom. The molecule has 2 rings (SSSR count). The van der Waals surface area contributed by atoms with Crippen molar-refractivity contribution < 1.29 is 4.74 Å². The molecule has 0 saturated heterocycles. The topological polar surface area (TPSA) is 9.23 Å². The van der Waals surface area contributed by atoms with Crippen molar-refractivity contribution in [3.8, 4) is 5.75 Å². The van der Waals surface area contributed by atoms with E-state index in [1.165, 1.54) is 5.56 Å². The Morgan fingerprint density at radius 1 is 1.29 bits per heavy atom. The predicted molar refractivity (Wildman–Crippen MR) is 77.6 cm³/mol. The van der Waals surface area contributed by atoms with Gasteiger partial charge in [-0.15, -0.1) is 0 Å². The molecule has 0 spiro atoms. The molecule has 0 N–H and O–H groups in total. The Balaban J connectivity index is 1.98. The lowest BCUT2D eigenvalue weighted by Crippen LogP contribution is -2.02. The standard InChI is InChI=1S/C13H12BrClOS/c14-8-11-2-1-3-12(15)13(11)16-6-4-10-5-7-17-9-10/h1-3,5,7,9H,4,6,8H2. The Bertz CT molecular complexity index is 470. The van der Waals surface area contributed by atoms with E-state index in [0.717, 1.165) is 23.1 Å². The number of hydrogen-bond acceptors (Lipinski definition) is 2. The Labute approximate surface area is 119 Å². The largest absolute Gasteiger partial charge is 0.491 e. The fourth-order valence-corrected chi connectivity index (χ4v) is 2.92. The first kappa shape index (κ1) is 12.9. The molecule has 0 bridgehead atoms. The van der Waals surface area contributed by atoms with Crippen molar-refractivity contribution in [2.24, 2.45) is 0 Å². The van der Waals surface area contributed by atoms with E-state index in [1.807, 2.05) is 18.2 Å². The van der Waals surface area contributed by atoms with Crippen molar-refractivity contribution >= 4 is 38.9 Å². The lowest BCUT2D eigenvalue weighted by molar-refractivity contribution is 0.320.